The molecule has 0 atom stereocenters. The van der Waals surface area contributed by atoms with E-state index in [4.69, 9.17) is 5.73 Å². The number of azo groups is 1. The first kappa shape index (κ1) is 11.6. The van der Waals surface area contributed by atoms with E-state index in [-0.39, 0.29) is 18.3 Å². The number of hydrogen-bond donors (Lipinski definition) is 3. The molecule has 0 aliphatic carbocycles. The summed E-state index contributed by atoms with van der Waals surface area (Å²) < 4.78 is 0. The zero-order valence-electron chi connectivity index (χ0n) is 8.09. The highest BCUT2D eigenvalue weighted by Crippen LogP contribution is 2.02. The normalized spacial score (nSPS) is 12.6. The second-order valence-electron chi connectivity index (χ2n) is 2.23. The van der Waals surface area contributed by atoms with E-state index in [0.717, 1.165) is 0 Å². The summed E-state index contributed by atoms with van der Waals surface area (Å²) in [6.45, 7) is 1.82. The summed E-state index contributed by atoms with van der Waals surface area (Å²) >= 11 is 0. The number of rotatable bonds is 4. The van der Waals surface area contributed by atoms with Gasteiger partial charge in [0.1, 0.15) is 0 Å². The second-order valence-corrected chi connectivity index (χ2v) is 2.23. The SMILES string of the molecule is C/N=N\C(C(=O)NCN)=C(/C)NC. The Morgan fingerprint density at radius 1 is 1.54 bits per heavy atom. The van der Waals surface area contributed by atoms with E-state index < -0.39 is 0 Å². The summed E-state index contributed by atoms with van der Waals surface area (Å²) in [5.41, 5.74) is 6.05. The molecule has 0 spiro atoms. The van der Waals surface area contributed by atoms with Crippen LogP contribution in [-0.2, 0) is 4.79 Å². The number of carbonyl (C=O) groups is 1. The number of nitrogens with zero attached hydrogens (tertiary/aromatic N) is 2. The number of allylic oxidation sites excluding steroid dienone is 1. The number of nitrogens with two attached hydrogens (primary N) is 1. The van der Waals surface area contributed by atoms with Crippen LogP contribution in [0.25, 0.3) is 0 Å². The predicted octanol–water partition coefficient (Wildman–Crippen LogP) is -0.448. The third-order valence-electron chi connectivity index (χ3n) is 1.41. The van der Waals surface area contributed by atoms with Gasteiger partial charge in [0, 0.05) is 19.8 Å². The van der Waals surface area contributed by atoms with Gasteiger partial charge in [0.25, 0.3) is 5.91 Å². The fourth-order valence-corrected chi connectivity index (χ4v) is 0.686. The van der Waals surface area contributed by atoms with Gasteiger partial charge in [-0.2, -0.15) is 5.11 Å². The van der Waals surface area contributed by atoms with Crippen molar-refractivity contribution < 1.29 is 4.79 Å². The van der Waals surface area contributed by atoms with Gasteiger partial charge in [-0.15, -0.1) is 5.11 Å². The molecule has 6 heteroatoms. The molecule has 0 saturated carbocycles. The molecule has 0 saturated heterocycles. The number of amides is 1. The third-order valence-corrected chi connectivity index (χ3v) is 1.41. The molecular weight excluding hydrogens is 170 g/mol. The lowest BCUT2D eigenvalue weighted by Gasteiger charge is -2.05. The molecule has 4 N–H and O–H groups in total. The van der Waals surface area contributed by atoms with Crippen LogP contribution in [0.15, 0.2) is 21.6 Å². The Morgan fingerprint density at radius 3 is 2.54 bits per heavy atom. The third kappa shape index (κ3) is 3.66. The molecule has 0 fully saturated rings. The Bertz CT molecular complexity index is 233. The molecule has 1 amide bonds. The average molecular weight is 185 g/mol. The van der Waals surface area contributed by atoms with Crippen LogP contribution in [0.1, 0.15) is 6.92 Å². The van der Waals surface area contributed by atoms with Crippen LogP contribution in [-0.4, -0.2) is 26.7 Å². The summed E-state index contributed by atoms with van der Waals surface area (Å²) in [6, 6.07) is 0. The topological polar surface area (TPSA) is 91.9 Å². The Hall–Kier alpha value is -1.43. The van der Waals surface area contributed by atoms with Crippen LogP contribution in [0.5, 0.6) is 0 Å². The highest BCUT2D eigenvalue weighted by Gasteiger charge is 2.10. The summed E-state index contributed by atoms with van der Waals surface area (Å²) in [5.74, 6) is -0.333. The second kappa shape index (κ2) is 6.13. The fourth-order valence-electron chi connectivity index (χ4n) is 0.686. The molecule has 0 rings (SSSR count). The van der Waals surface area contributed by atoms with Gasteiger partial charge in [-0.3, -0.25) is 4.79 Å². The molecule has 74 valence electrons. The van der Waals surface area contributed by atoms with E-state index in [1.165, 1.54) is 7.05 Å². The van der Waals surface area contributed by atoms with Crippen molar-refractivity contribution in [2.45, 2.75) is 6.92 Å². The van der Waals surface area contributed by atoms with Crippen molar-refractivity contribution in [3.63, 3.8) is 0 Å². The molecule has 0 aromatic carbocycles. The number of hydrogen-bond acceptors (Lipinski definition) is 5. The van der Waals surface area contributed by atoms with Crippen LogP contribution in [0, 0.1) is 0 Å². The van der Waals surface area contributed by atoms with Crippen LogP contribution in [0.2, 0.25) is 0 Å². The van der Waals surface area contributed by atoms with Crippen LogP contribution in [0.4, 0.5) is 0 Å². The molecule has 0 radical (unpaired) electrons. The molecule has 0 heterocycles. The van der Waals surface area contributed by atoms with Crippen molar-refractivity contribution in [1.29, 1.82) is 0 Å². The van der Waals surface area contributed by atoms with E-state index in [0.29, 0.717) is 5.70 Å². The summed E-state index contributed by atoms with van der Waals surface area (Å²) in [7, 11) is 3.20. The zero-order chi connectivity index (χ0) is 10.3. The van der Waals surface area contributed by atoms with E-state index >= 15 is 0 Å². The summed E-state index contributed by atoms with van der Waals surface area (Å²) in [6.07, 6.45) is 0. The number of carbonyl (C=O) groups excluding carboxylic acids is 1. The zero-order valence-corrected chi connectivity index (χ0v) is 8.09. The first-order valence-electron chi connectivity index (χ1n) is 3.84. The molecule has 0 aliphatic heterocycles. The monoisotopic (exact) mass is 185 g/mol. The maximum absolute atomic E-state index is 11.3. The van der Waals surface area contributed by atoms with Crippen molar-refractivity contribution in [3.05, 3.63) is 11.4 Å². The van der Waals surface area contributed by atoms with E-state index in [1.54, 1.807) is 14.0 Å². The van der Waals surface area contributed by atoms with Crippen molar-refractivity contribution in [2.24, 2.45) is 16.0 Å². The standard InChI is InChI=1S/C7H15N5O/c1-5(9-2)6(12-10-3)7(13)11-4-8/h9H,4,8H2,1-3H3,(H,11,13)/b6-5+,12-10-. The first-order chi connectivity index (χ1) is 6.17. The lowest BCUT2D eigenvalue weighted by molar-refractivity contribution is -0.117. The fraction of sp³-hybridized carbons (Fsp3) is 0.571. The lowest BCUT2D eigenvalue weighted by Crippen LogP contribution is -2.31. The van der Waals surface area contributed by atoms with Gasteiger partial charge in [-0.05, 0) is 6.92 Å². The maximum atomic E-state index is 11.3. The van der Waals surface area contributed by atoms with Crippen molar-refractivity contribution in [3.8, 4) is 0 Å². The predicted molar refractivity (Wildman–Crippen MR) is 49.7 cm³/mol. The quantitative estimate of drug-likeness (QED) is 0.315. The Kier molecular flexibility index (Phi) is 5.45. The average Bonchev–Trinajstić information content (AvgIpc) is 2.13. The number of nitrogens with one attached hydrogen (secondary N) is 2. The molecular formula is C7H15N5O. The molecule has 0 bridgehead atoms. The minimum absolute atomic E-state index is 0.0819. The molecule has 0 aromatic heterocycles. The minimum atomic E-state index is -0.333. The molecule has 6 nitrogen and oxygen atoms in total. The van der Waals surface area contributed by atoms with Crippen LogP contribution >= 0.6 is 0 Å². The largest absolute Gasteiger partial charge is 0.390 e. The maximum Gasteiger partial charge on any atom is 0.274 e. The van der Waals surface area contributed by atoms with Crippen molar-refractivity contribution >= 4 is 5.91 Å². The van der Waals surface area contributed by atoms with E-state index in [2.05, 4.69) is 20.9 Å². The van der Waals surface area contributed by atoms with Crippen molar-refractivity contribution in [1.82, 2.24) is 10.6 Å². The van der Waals surface area contributed by atoms with Crippen LogP contribution in [0.3, 0.4) is 0 Å². The Balaban J connectivity index is 4.70. The highest BCUT2D eigenvalue weighted by molar-refractivity contribution is 5.93. The minimum Gasteiger partial charge on any atom is -0.390 e. The molecule has 0 aromatic rings. The smallest absolute Gasteiger partial charge is 0.274 e. The van der Waals surface area contributed by atoms with Gasteiger partial charge < -0.3 is 16.4 Å². The lowest BCUT2D eigenvalue weighted by atomic mass is 10.3. The Labute approximate surface area is 77.3 Å². The summed E-state index contributed by atoms with van der Waals surface area (Å²) in [4.78, 5) is 11.3. The van der Waals surface area contributed by atoms with Crippen molar-refractivity contribution in [2.75, 3.05) is 20.8 Å². The van der Waals surface area contributed by atoms with E-state index in [9.17, 15) is 4.79 Å². The molecule has 13 heavy (non-hydrogen) atoms. The van der Waals surface area contributed by atoms with Gasteiger partial charge in [-0.1, -0.05) is 0 Å². The summed E-state index contributed by atoms with van der Waals surface area (Å²) in [5, 5.41) is 12.5. The van der Waals surface area contributed by atoms with Gasteiger partial charge in [0.15, 0.2) is 5.70 Å². The first-order valence-corrected chi connectivity index (χ1v) is 3.84. The van der Waals surface area contributed by atoms with Gasteiger partial charge in [-0.25, -0.2) is 0 Å². The Morgan fingerprint density at radius 2 is 2.15 bits per heavy atom. The molecule has 0 aliphatic rings. The van der Waals surface area contributed by atoms with Gasteiger partial charge in [0.2, 0.25) is 0 Å². The van der Waals surface area contributed by atoms with Gasteiger partial charge in [0.05, 0.1) is 6.67 Å². The highest BCUT2D eigenvalue weighted by atomic mass is 16.2. The molecule has 0 unspecified atom stereocenters. The van der Waals surface area contributed by atoms with Gasteiger partial charge >= 0.3 is 0 Å². The van der Waals surface area contributed by atoms with Crippen LogP contribution < -0.4 is 16.4 Å². The van der Waals surface area contributed by atoms with E-state index in [1.807, 2.05) is 0 Å².